The van der Waals surface area contributed by atoms with Gasteiger partial charge in [0.15, 0.2) is 5.78 Å². The number of benzene rings is 2. The highest BCUT2D eigenvalue weighted by Gasteiger charge is 2.49. The van der Waals surface area contributed by atoms with Gasteiger partial charge >= 0.3 is 11.9 Å². The van der Waals surface area contributed by atoms with Crippen LogP contribution in [0.1, 0.15) is 57.1 Å². The molecule has 7 nitrogen and oxygen atoms in total. The molecule has 0 aromatic heterocycles. The van der Waals surface area contributed by atoms with Crippen LogP contribution in [0.4, 0.5) is 0 Å². The number of Topliss-reactive ketones (excluding diaryl/α,β-unsaturated/α-hetero) is 1. The Balaban J connectivity index is 1.93. The summed E-state index contributed by atoms with van der Waals surface area (Å²) >= 11 is 0. The molecule has 0 radical (unpaired) electrons. The topological polar surface area (TPSA) is 90.9 Å². The minimum Gasteiger partial charge on any atom is -0.494 e. The fourth-order valence-electron chi connectivity index (χ4n) is 5.35. The summed E-state index contributed by atoms with van der Waals surface area (Å²) in [7, 11) is 0. The number of carbonyl (C=O) groups is 3. The second kappa shape index (κ2) is 11.5. The number of ether oxygens (including phenoxy) is 3. The van der Waals surface area contributed by atoms with E-state index in [0.717, 1.165) is 5.56 Å². The van der Waals surface area contributed by atoms with Crippen LogP contribution in [0.2, 0.25) is 0 Å². The van der Waals surface area contributed by atoms with Gasteiger partial charge in [0.05, 0.1) is 31.3 Å². The number of carbonyl (C=O) groups excluding carboxylic acids is 3. The van der Waals surface area contributed by atoms with Crippen molar-refractivity contribution in [1.29, 1.82) is 0 Å². The molecule has 0 fully saturated rings. The van der Waals surface area contributed by atoms with Crippen molar-refractivity contribution in [3.8, 4) is 5.75 Å². The minimum absolute atomic E-state index is 0.165. The van der Waals surface area contributed by atoms with Gasteiger partial charge in [0, 0.05) is 28.4 Å². The average molecular weight is 504 g/mol. The van der Waals surface area contributed by atoms with Crippen molar-refractivity contribution in [2.75, 3.05) is 19.8 Å². The first-order valence-electron chi connectivity index (χ1n) is 12.8. The van der Waals surface area contributed by atoms with Crippen molar-refractivity contribution in [3.05, 3.63) is 88.3 Å². The fraction of sp³-hybridized carbons (Fsp3) is 0.367. The number of esters is 2. The summed E-state index contributed by atoms with van der Waals surface area (Å²) in [5.41, 5.74) is 3.58. The molecule has 3 unspecified atom stereocenters. The number of allylic oxidation sites excluding steroid dienone is 3. The first-order valence-corrected chi connectivity index (χ1v) is 12.8. The third-order valence-corrected chi connectivity index (χ3v) is 6.81. The Morgan fingerprint density at radius 2 is 1.59 bits per heavy atom. The number of dihydropyridines is 1. The summed E-state index contributed by atoms with van der Waals surface area (Å²) in [5, 5.41) is 3.33. The van der Waals surface area contributed by atoms with E-state index in [0.29, 0.717) is 46.9 Å². The third kappa shape index (κ3) is 5.03. The lowest BCUT2D eigenvalue weighted by molar-refractivity contribution is -0.152. The highest BCUT2D eigenvalue weighted by atomic mass is 16.5. The molecule has 2 aromatic carbocycles. The standard InChI is InChI=1S/C30H33NO6/c1-5-35-23-16-12-11-15-20(23)25-24(29(33)36-6-2)18(4)31-22-17-21(19-13-9-8-10-14-19)26(28(32)27(22)25)30(34)37-7-3/h8-16,21,25-26,31H,5-7,17H2,1-4H3. The molecule has 1 aliphatic heterocycles. The smallest absolute Gasteiger partial charge is 0.336 e. The van der Waals surface area contributed by atoms with Crippen LogP contribution in [0.3, 0.4) is 0 Å². The van der Waals surface area contributed by atoms with Crippen molar-refractivity contribution in [2.45, 2.75) is 46.0 Å². The van der Waals surface area contributed by atoms with Crippen LogP contribution in [0.15, 0.2) is 77.1 Å². The monoisotopic (exact) mass is 503 g/mol. The van der Waals surface area contributed by atoms with Gasteiger partial charge in [-0.1, -0.05) is 48.5 Å². The summed E-state index contributed by atoms with van der Waals surface area (Å²) in [6, 6.07) is 16.9. The number of hydrogen-bond acceptors (Lipinski definition) is 7. The quantitative estimate of drug-likeness (QED) is 0.409. The lowest BCUT2D eigenvalue weighted by Gasteiger charge is -2.39. The van der Waals surface area contributed by atoms with E-state index >= 15 is 0 Å². The van der Waals surface area contributed by atoms with E-state index in [1.807, 2.05) is 68.4 Å². The van der Waals surface area contributed by atoms with Crippen molar-refractivity contribution in [1.82, 2.24) is 5.32 Å². The normalized spacial score (nSPS) is 21.2. The van der Waals surface area contributed by atoms with Crippen molar-refractivity contribution < 1.29 is 28.6 Å². The van der Waals surface area contributed by atoms with Crippen LogP contribution < -0.4 is 10.1 Å². The van der Waals surface area contributed by atoms with E-state index in [4.69, 9.17) is 14.2 Å². The van der Waals surface area contributed by atoms with Gasteiger partial charge in [0.2, 0.25) is 0 Å². The lowest BCUT2D eigenvalue weighted by atomic mass is 9.67. The highest BCUT2D eigenvalue weighted by molar-refractivity contribution is 6.13. The minimum atomic E-state index is -1.04. The largest absolute Gasteiger partial charge is 0.494 e. The van der Waals surface area contributed by atoms with Gasteiger partial charge in [-0.15, -0.1) is 0 Å². The van der Waals surface area contributed by atoms with Crippen molar-refractivity contribution in [2.24, 2.45) is 5.92 Å². The van der Waals surface area contributed by atoms with Crippen molar-refractivity contribution in [3.63, 3.8) is 0 Å². The molecule has 1 aliphatic carbocycles. The SMILES string of the molecule is CCOC(=O)C1=C(C)NC2=C(C(=O)C(C(=O)OCC)C(c3ccccc3)C2)C1c1ccccc1OCC. The molecule has 7 heteroatoms. The van der Waals surface area contributed by atoms with E-state index in [-0.39, 0.29) is 19.0 Å². The molecule has 1 N–H and O–H groups in total. The summed E-state index contributed by atoms with van der Waals surface area (Å²) in [4.78, 5) is 40.8. The van der Waals surface area contributed by atoms with Crippen molar-refractivity contribution >= 4 is 17.7 Å². The Labute approximate surface area is 217 Å². The molecule has 194 valence electrons. The van der Waals surface area contributed by atoms with E-state index < -0.39 is 29.7 Å². The summed E-state index contributed by atoms with van der Waals surface area (Å²) in [5.74, 6) is -3.05. The zero-order valence-electron chi connectivity index (χ0n) is 21.7. The van der Waals surface area contributed by atoms with Gasteiger partial charge in [-0.05, 0) is 45.7 Å². The predicted molar refractivity (Wildman–Crippen MR) is 139 cm³/mol. The second-order valence-electron chi connectivity index (χ2n) is 9.00. The van der Waals surface area contributed by atoms with Crippen LogP contribution in [0.5, 0.6) is 5.75 Å². The maximum Gasteiger partial charge on any atom is 0.336 e. The Morgan fingerprint density at radius 1 is 0.919 bits per heavy atom. The zero-order chi connectivity index (χ0) is 26.5. The van der Waals surface area contributed by atoms with Crippen LogP contribution >= 0.6 is 0 Å². The van der Waals surface area contributed by atoms with Gasteiger partial charge in [-0.25, -0.2) is 4.79 Å². The maximum absolute atomic E-state index is 14.3. The molecule has 0 bridgehead atoms. The molecule has 37 heavy (non-hydrogen) atoms. The number of nitrogens with one attached hydrogen (secondary N) is 1. The Hall–Kier alpha value is -3.87. The Bertz CT molecular complexity index is 1250. The Morgan fingerprint density at radius 3 is 2.27 bits per heavy atom. The molecule has 1 heterocycles. The molecule has 0 saturated heterocycles. The average Bonchev–Trinajstić information content (AvgIpc) is 2.89. The Kier molecular flexibility index (Phi) is 8.11. The number of ketones is 1. The zero-order valence-corrected chi connectivity index (χ0v) is 21.7. The first kappa shape index (κ1) is 26.2. The summed E-state index contributed by atoms with van der Waals surface area (Å²) < 4.78 is 16.7. The summed E-state index contributed by atoms with van der Waals surface area (Å²) in [6.45, 7) is 7.93. The summed E-state index contributed by atoms with van der Waals surface area (Å²) in [6.07, 6.45) is 0.412. The molecule has 3 atom stereocenters. The lowest BCUT2D eigenvalue weighted by Crippen LogP contribution is -2.43. The van der Waals surface area contributed by atoms with E-state index in [1.165, 1.54) is 0 Å². The van der Waals surface area contributed by atoms with E-state index in [2.05, 4.69) is 5.32 Å². The van der Waals surface area contributed by atoms with E-state index in [1.54, 1.807) is 13.8 Å². The number of hydrogen-bond donors (Lipinski definition) is 1. The van der Waals surface area contributed by atoms with Gasteiger partial charge in [-0.3, -0.25) is 9.59 Å². The molecule has 2 aliphatic rings. The van der Waals surface area contributed by atoms with Gasteiger partial charge in [0.25, 0.3) is 0 Å². The van der Waals surface area contributed by atoms with Crippen LogP contribution in [-0.2, 0) is 23.9 Å². The molecule has 0 amide bonds. The predicted octanol–water partition coefficient (Wildman–Crippen LogP) is 4.80. The van der Waals surface area contributed by atoms with Gasteiger partial charge < -0.3 is 19.5 Å². The maximum atomic E-state index is 14.3. The van der Waals surface area contributed by atoms with Gasteiger partial charge in [-0.2, -0.15) is 0 Å². The molecular formula is C30H33NO6. The van der Waals surface area contributed by atoms with Crippen LogP contribution in [0, 0.1) is 5.92 Å². The highest BCUT2D eigenvalue weighted by Crippen LogP contribution is 2.49. The third-order valence-electron chi connectivity index (χ3n) is 6.81. The van der Waals surface area contributed by atoms with E-state index in [9.17, 15) is 14.4 Å². The first-order chi connectivity index (χ1) is 17.9. The number of rotatable bonds is 8. The molecule has 0 saturated carbocycles. The fourth-order valence-corrected chi connectivity index (χ4v) is 5.35. The molecular weight excluding hydrogens is 470 g/mol. The number of para-hydroxylation sites is 1. The molecule has 4 rings (SSSR count). The molecule has 2 aromatic rings. The van der Waals surface area contributed by atoms with Gasteiger partial charge in [0.1, 0.15) is 11.7 Å². The van der Waals surface area contributed by atoms with Crippen LogP contribution in [-0.4, -0.2) is 37.5 Å². The second-order valence-corrected chi connectivity index (χ2v) is 9.00. The van der Waals surface area contributed by atoms with Crippen LogP contribution in [0.25, 0.3) is 0 Å². The molecule has 0 spiro atoms.